The second kappa shape index (κ2) is 11.7. The van der Waals surface area contributed by atoms with Gasteiger partial charge in [0.1, 0.15) is 17.4 Å². The Labute approximate surface area is 215 Å². The lowest BCUT2D eigenvalue weighted by Crippen LogP contribution is -2.22. The number of hydrogen-bond donors (Lipinski definition) is 1. The molecular formula is C27H24BrFN4O3. The lowest BCUT2D eigenvalue weighted by molar-refractivity contribution is -0.118. The Bertz CT molecular complexity index is 1470. The molecule has 0 unspecified atom stereocenters. The summed E-state index contributed by atoms with van der Waals surface area (Å²) in [5.41, 5.74) is 1.56. The van der Waals surface area contributed by atoms with Crippen LogP contribution in [0.3, 0.4) is 0 Å². The van der Waals surface area contributed by atoms with Crippen molar-refractivity contribution in [2.24, 2.45) is 5.10 Å². The van der Waals surface area contributed by atoms with Crippen molar-refractivity contribution in [2.75, 3.05) is 11.9 Å². The Morgan fingerprint density at radius 3 is 2.75 bits per heavy atom. The predicted molar refractivity (Wildman–Crippen MR) is 142 cm³/mol. The topological polar surface area (TPSA) is 85.6 Å². The second-order valence-electron chi connectivity index (χ2n) is 8.07. The molecule has 0 aliphatic carbocycles. The van der Waals surface area contributed by atoms with Crippen molar-refractivity contribution < 1.29 is 13.9 Å². The number of amides is 1. The molecule has 0 bridgehead atoms. The fraction of sp³-hybridized carbons (Fsp3) is 0.185. The smallest absolute Gasteiger partial charge is 0.282 e. The summed E-state index contributed by atoms with van der Waals surface area (Å²) in [6.07, 6.45) is 4.04. The number of aryl methyl sites for hydroxylation is 1. The number of anilines is 1. The van der Waals surface area contributed by atoms with E-state index in [-0.39, 0.29) is 23.9 Å². The molecule has 0 aliphatic heterocycles. The molecule has 4 aromatic rings. The van der Waals surface area contributed by atoms with Gasteiger partial charge in [0, 0.05) is 16.6 Å². The van der Waals surface area contributed by atoms with Gasteiger partial charge < -0.3 is 10.1 Å². The first-order chi connectivity index (χ1) is 17.4. The van der Waals surface area contributed by atoms with E-state index >= 15 is 0 Å². The Balaban J connectivity index is 1.51. The maximum atomic E-state index is 13.2. The SMILES string of the molecule is CCCCc1nc2ccc(Br)cc2c(=O)n1N=Cc1cccc(OCC(=O)Nc2ccc(F)cc2)c1. The molecule has 1 amide bonds. The number of ether oxygens (including phenoxy) is 1. The molecule has 0 saturated heterocycles. The molecule has 4 rings (SSSR count). The summed E-state index contributed by atoms with van der Waals surface area (Å²) in [4.78, 5) is 30.0. The number of fused-ring (bicyclic) bond motifs is 1. The molecular weight excluding hydrogens is 527 g/mol. The van der Waals surface area contributed by atoms with Crippen molar-refractivity contribution in [1.29, 1.82) is 0 Å². The van der Waals surface area contributed by atoms with Crippen molar-refractivity contribution in [3.8, 4) is 5.75 Å². The van der Waals surface area contributed by atoms with Crippen molar-refractivity contribution in [2.45, 2.75) is 26.2 Å². The quantitative estimate of drug-likeness (QED) is 0.277. The summed E-state index contributed by atoms with van der Waals surface area (Å²) in [6.45, 7) is 1.86. The molecule has 1 N–H and O–H groups in total. The van der Waals surface area contributed by atoms with Crippen molar-refractivity contribution in [3.05, 3.63) is 98.8 Å². The van der Waals surface area contributed by atoms with E-state index in [0.717, 1.165) is 17.3 Å². The third-order valence-corrected chi connectivity index (χ3v) is 5.80. The number of aromatic nitrogens is 2. The summed E-state index contributed by atoms with van der Waals surface area (Å²) >= 11 is 3.41. The maximum Gasteiger partial charge on any atom is 0.282 e. The van der Waals surface area contributed by atoms with Crippen LogP contribution < -0.4 is 15.6 Å². The zero-order chi connectivity index (χ0) is 25.5. The van der Waals surface area contributed by atoms with E-state index in [1.807, 2.05) is 18.2 Å². The van der Waals surface area contributed by atoms with Gasteiger partial charge in [-0.2, -0.15) is 9.78 Å². The lowest BCUT2D eigenvalue weighted by Gasteiger charge is -2.10. The van der Waals surface area contributed by atoms with Crippen LogP contribution in [-0.4, -0.2) is 28.4 Å². The van der Waals surface area contributed by atoms with E-state index in [2.05, 4.69) is 38.3 Å². The van der Waals surface area contributed by atoms with Crippen LogP contribution in [0.5, 0.6) is 5.75 Å². The molecule has 1 aromatic heterocycles. The zero-order valence-electron chi connectivity index (χ0n) is 19.6. The molecule has 36 heavy (non-hydrogen) atoms. The number of halogens is 2. The minimum atomic E-state index is -0.380. The number of carbonyl (C=O) groups is 1. The average Bonchev–Trinajstić information content (AvgIpc) is 2.88. The van der Waals surface area contributed by atoms with Crippen LogP contribution in [0.1, 0.15) is 31.2 Å². The number of rotatable bonds is 9. The third kappa shape index (κ3) is 6.42. The fourth-order valence-electron chi connectivity index (χ4n) is 3.50. The van der Waals surface area contributed by atoms with Gasteiger partial charge in [-0.3, -0.25) is 9.59 Å². The van der Waals surface area contributed by atoms with Crippen LogP contribution in [0.2, 0.25) is 0 Å². The molecule has 3 aromatic carbocycles. The Kier molecular flexibility index (Phi) is 8.22. The van der Waals surface area contributed by atoms with Crippen molar-refractivity contribution >= 4 is 44.6 Å². The van der Waals surface area contributed by atoms with E-state index in [1.165, 1.54) is 28.9 Å². The van der Waals surface area contributed by atoms with Gasteiger partial charge in [-0.15, -0.1) is 0 Å². The highest BCUT2D eigenvalue weighted by molar-refractivity contribution is 9.10. The second-order valence-corrected chi connectivity index (χ2v) is 8.99. The minimum absolute atomic E-state index is 0.220. The number of carbonyl (C=O) groups excluding carboxylic acids is 1. The van der Waals surface area contributed by atoms with Gasteiger partial charge in [-0.1, -0.05) is 41.4 Å². The zero-order valence-corrected chi connectivity index (χ0v) is 21.2. The molecule has 0 saturated carbocycles. The molecule has 184 valence electrons. The number of benzene rings is 3. The summed E-state index contributed by atoms with van der Waals surface area (Å²) in [5, 5.41) is 7.56. The lowest BCUT2D eigenvalue weighted by atomic mass is 10.2. The van der Waals surface area contributed by atoms with Crippen molar-refractivity contribution in [3.63, 3.8) is 0 Å². The van der Waals surface area contributed by atoms with Crippen LogP contribution in [-0.2, 0) is 11.2 Å². The molecule has 9 heteroatoms. The Morgan fingerprint density at radius 2 is 1.97 bits per heavy atom. The molecule has 1 heterocycles. The Morgan fingerprint density at radius 1 is 1.17 bits per heavy atom. The minimum Gasteiger partial charge on any atom is -0.484 e. The van der Waals surface area contributed by atoms with Crippen molar-refractivity contribution in [1.82, 2.24) is 9.66 Å². The summed E-state index contributed by atoms with van der Waals surface area (Å²) in [6, 6.07) is 17.9. The monoisotopic (exact) mass is 550 g/mol. The average molecular weight is 551 g/mol. The first kappa shape index (κ1) is 25.2. The van der Waals surface area contributed by atoms with Gasteiger partial charge in [0.05, 0.1) is 17.1 Å². The number of unbranched alkanes of at least 4 members (excludes halogenated alkanes) is 1. The van der Waals surface area contributed by atoms with E-state index in [4.69, 9.17) is 4.74 Å². The maximum absolute atomic E-state index is 13.2. The summed E-state index contributed by atoms with van der Waals surface area (Å²) in [7, 11) is 0. The molecule has 0 fully saturated rings. The number of hydrogen-bond acceptors (Lipinski definition) is 5. The highest BCUT2D eigenvalue weighted by Gasteiger charge is 2.11. The molecule has 0 spiro atoms. The van der Waals surface area contributed by atoms with Crippen LogP contribution in [0.25, 0.3) is 10.9 Å². The number of nitrogens with zero attached hydrogens (tertiary/aromatic N) is 3. The fourth-order valence-corrected chi connectivity index (χ4v) is 3.86. The van der Waals surface area contributed by atoms with E-state index in [9.17, 15) is 14.0 Å². The normalized spacial score (nSPS) is 11.2. The Hall–Kier alpha value is -3.85. The predicted octanol–water partition coefficient (Wildman–Crippen LogP) is 5.54. The molecule has 7 nitrogen and oxygen atoms in total. The van der Waals surface area contributed by atoms with Gasteiger partial charge in [0.15, 0.2) is 6.61 Å². The van der Waals surface area contributed by atoms with Gasteiger partial charge in [-0.05, 0) is 66.6 Å². The van der Waals surface area contributed by atoms with Gasteiger partial charge >= 0.3 is 0 Å². The van der Waals surface area contributed by atoms with E-state index in [1.54, 1.807) is 30.5 Å². The van der Waals surface area contributed by atoms with E-state index in [0.29, 0.717) is 40.1 Å². The number of nitrogens with one attached hydrogen (secondary N) is 1. The molecule has 0 atom stereocenters. The summed E-state index contributed by atoms with van der Waals surface area (Å²) in [5.74, 6) is 0.307. The van der Waals surface area contributed by atoms with E-state index < -0.39 is 0 Å². The molecule has 0 aliphatic rings. The van der Waals surface area contributed by atoms with Crippen LogP contribution in [0.15, 0.2) is 81.1 Å². The van der Waals surface area contributed by atoms with Crippen LogP contribution in [0.4, 0.5) is 10.1 Å². The first-order valence-corrected chi connectivity index (χ1v) is 12.3. The highest BCUT2D eigenvalue weighted by Crippen LogP contribution is 2.17. The van der Waals surface area contributed by atoms with Crippen LogP contribution >= 0.6 is 15.9 Å². The first-order valence-electron chi connectivity index (χ1n) is 11.5. The van der Waals surface area contributed by atoms with Gasteiger partial charge in [0.25, 0.3) is 11.5 Å². The van der Waals surface area contributed by atoms with Gasteiger partial charge in [0.2, 0.25) is 0 Å². The van der Waals surface area contributed by atoms with Gasteiger partial charge in [-0.25, -0.2) is 9.37 Å². The summed E-state index contributed by atoms with van der Waals surface area (Å²) < 4.78 is 20.7. The van der Waals surface area contributed by atoms with Crippen LogP contribution in [0, 0.1) is 5.82 Å². The largest absolute Gasteiger partial charge is 0.484 e. The standard InChI is InChI=1S/C27H24BrFN4O3/c1-2-3-7-25-32-24-13-8-19(28)15-23(24)27(35)33(25)30-16-18-5-4-6-22(14-18)36-17-26(34)31-21-11-9-20(29)10-12-21/h4-6,8-16H,2-3,7,17H2,1H3,(H,31,34). The molecule has 0 radical (unpaired) electrons. The highest BCUT2D eigenvalue weighted by atomic mass is 79.9. The third-order valence-electron chi connectivity index (χ3n) is 5.31.